The predicted octanol–water partition coefficient (Wildman–Crippen LogP) is 0.504. The zero-order valence-electron chi connectivity index (χ0n) is 12.6. The van der Waals surface area contributed by atoms with E-state index in [2.05, 4.69) is 10.2 Å². The third-order valence-electron chi connectivity index (χ3n) is 4.30. The van der Waals surface area contributed by atoms with Crippen LogP contribution in [0.3, 0.4) is 0 Å². The third-order valence-corrected chi connectivity index (χ3v) is 4.30. The molecular formula is C14H23N3O4. The number of piperazine rings is 1. The van der Waals surface area contributed by atoms with Gasteiger partial charge in [-0.3, -0.25) is 19.8 Å². The fourth-order valence-electron chi connectivity index (χ4n) is 2.90. The van der Waals surface area contributed by atoms with E-state index in [1.165, 1.54) is 13.8 Å². The van der Waals surface area contributed by atoms with Gasteiger partial charge in [0.15, 0.2) is 0 Å². The van der Waals surface area contributed by atoms with Crippen molar-refractivity contribution in [3.63, 3.8) is 0 Å². The van der Waals surface area contributed by atoms with E-state index in [-0.39, 0.29) is 6.42 Å². The normalized spacial score (nSPS) is 22.8. The van der Waals surface area contributed by atoms with Crippen molar-refractivity contribution in [1.82, 2.24) is 15.1 Å². The maximum atomic E-state index is 12.1. The van der Waals surface area contributed by atoms with Gasteiger partial charge in [-0.1, -0.05) is 0 Å². The van der Waals surface area contributed by atoms with E-state index in [9.17, 15) is 14.4 Å². The Kier molecular flexibility index (Phi) is 4.51. The van der Waals surface area contributed by atoms with Gasteiger partial charge in [-0.15, -0.1) is 0 Å². The van der Waals surface area contributed by atoms with Crippen molar-refractivity contribution in [3.05, 3.63) is 0 Å². The van der Waals surface area contributed by atoms with Crippen molar-refractivity contribution >= 4 is 17.9 Å². The van der Waals surface area contributed by atoms with Gasteiger partial charge in [-0.2, -0.15) is 0 Å². The topological polar surface area (TPSA) is 90.0 Å². The second-order valence-electron chi connectivity index (χ2n) is 6.50. The molecule has 0 aliphatic carbocycles. The molecule has 0 aromatic rings. The first kappa shape index (κ1) is 15.8. The third kappa shape index (κ3) is 3.72. The number of nitrogens with one attached hydrogen (secondary N) is 1. The number of imide groups is 1. The van der Waals surface area contributed by atoms with Gasteiger partial charge in [0.1, 0.15) is 0 Å². The van der Waals surface area contributed by atoms with Crippen molar-refractivity contribution in [2.24, 2.45) is 5.41 Å². The summed E-state index contributed by atoms with van der Waals surface area (Å²) in [5.41, 5.74) is -1.17. The van der Waals surface area contributed by atoms with Gasteiger partial charge < -0.3 is 10.0 Å². The van der Waals surface area contributed by atoms with Crippen LogP contribution in [0.4, 0.5) is 4.79 Å². The van der Waals surface area contributed by atoms with E-state index in [1.54, 1.807) is 4.90 Å². The maximum absolute atomic E-state index is 12.1. The molecule has 0 aromatic heterocycles. The molecule has 1 unspecified atom stereocenters. The number of nitrogens with zero attached hydrogens (tertiary/aromatic N) is 2. The number of hydrogen-bond acceptors (Lipinski definition) is 4. The molecule has 2 aliphatic heterocycles. The lowest BCUT2D eigenvalue weighted by Crippen LogP contribution is -2.55. The largest absolute Gasteiger partial charge is 0.481 e. The highest BCUT2D eigenvalue weighted by Crippen LogP contribution is 2.22. The van der Waals surface area contributed by atoms with Crippen LogP contribution < -0.4 is 5.32 Å². The average Bonchev–Trinajstić information content (AvgIpc) is 2.84. The lowest BCUT2D eigenvalue weighted by molar-refractivity contribution is -0.149. The average molecular weight is 297 g/mol. The van der Waals surface area contributed by atoms with Crippen molar-refractivity contribution in [2.45, 2.75) is 39.2 Å². The molecule has 2 aliphatic rings. The Balaban J connectivity index is 1.84. The highest BCUT2D eigenvalue weighted by Gasteiger charge is 2.34. The molecule has 0 bridgehead atoms. The predicted molar refractivity (Wildman–Crippen MR) is 75.7 cm³/mol. The van der Waals surface area contributed by atoms with Gasteiger partial charge in [0.05, 0.1) is 5.41 Å². The van der Waals surface area contributed by atoms with Crippen LogP contribution in [0.2, 0.25) is 0 Å². The maximum Gasteiger partial charge on any atom is 0.324 e. The Labute approximate surface area is 124 Å². The van der Waals surface area contributed by atoms with Crippen molar-refractivity contribution in [3.8, 4) is 0 Å². The second kappa shape index (κ2) is 6.01. The first-order valence-electron chi connectivity index (χ1n) is 7.36. The fourth-order valence-corrected chi connectivity index (χ4v) is 2.90. The molecule has 2 fully saturated rings. The number of carbonyl (C=O) groups is 3. The number of aliphatic carboxylic acids is 1. The summed E-state index contributed by atoms with van der Waals surface area (Å²) >= 11 is 0. The van der Waals surface area contributed by atoms with Crippen molar-refractivity contribution in [2.75, 3.05) is 26.2 Å². The molecule has 118 valence electrons. The molecule has 1 atom stereocenters. The summed E-state index contributed by atoms with van der Waals surface area (Å²) in [6.45, 7) is 6.12. The van der Waals surface area contributed by atoms with Crippen LogP contribution in [-0.4, -0.2) is 65.0 Å². The van der Waals surface area contributed by atoms with E-state index >= 15 is 0 Å². The van der Waals surface area contributed by atoms with Crippen LogP contribution in [0.15, 0.2) is 0 Å². The Bertz CT molecular complexity index is 450. The Morgan fingerprint density at radius 3 is 2.62 bits per heavy atom. The summed E-state index contributed by atoms with van der Waals surface area (Å²) < 4.78 is 0. The molecule has 0 spiro atoms. The number of urea groups is 1. The van der Waals surface area contributed by atoms with Crippen LogP contribution >= 0.6 is 0 Å². The molecule has 0 radical (unpaired) electrons. The van der Waals surface area contributed by atoms with E-state index in [0.29, 0.717) is 19.1 Å². The first-order chi connectivity index (χ1) is 9.79. The molecule has 7 heteroatoms. The monoisotopic (exact) mass is 297 g/mol. The molecule has 0 aromatic carbocycles. The second-order valence-corrected chi connectivity index (χ2v) is 6.50. The number of fused-ring (bicyclic) bond motifs is 1. The summed E-state index contributed by atoms with van der Waals surface area (Å²) in [4.78, 5) is 38.9. The summed E-state index contributed by atoms with van der Waals surface area (Å²) in [6, 6.07) is -0.0113. The molecule has 2 saturated heterocycles. The smallest absolute Gasteiger partial charge is 0.324 e. The summed E-state index contributed by atoms with van der Waals surface area (Å²) in [6.07, 6.45) is 2.03. The van der Waals surface area contributed by atoms with E-state index in [4.69, 9.17) is 5.11 Å². The highest BCUT2D eigenvalue weighted by molar-refractivity contribution is 5.96. The Morgan fingerprint density at radius 2 is 1.95 bits per heavy atom. The van der Waals surface area contributed by atoms with Crippen LogP contribution in [0.25, 0.3) is 0 Å². The first-order valence-corrected chi connectivity index (χ1v) is 7.36. The van der Waals surface area contributed by atoms with E-state index < -0.39 is 23.3 Å². The number of carboxylic acids is 1. The van der Waals surface area contributed by atoms with Crippen molar-refractivity contribution < 1.29 is 19.5 Å². The molecule has 0 saturated carbocycles. The number of carboxylic acid groups (broad SMARTS) is 1. The Hall–Kier alpha value is -1.63. The van der Waals surface area contributed by atoms with Gasteiger partial charge in [-0.05, 0) is 33.2 Å². The van der Waals surface area contributed by atoms with Crippen LogP contribution in [0.5, 0.6) is 0 Å². The molecule has 7 nitrogen and oxygen atoms in total. The minimum Gasteiger partial charge on any atom is -0.481 e. The molecular weight excluding hydrogens is 274 g/mol. The number of carbonyl (C=O) groups excluding carboxylic acids is 2. The van der Waals surface area contributed by atoms with Gasteiger partial charge in [0.2, 0.25) is 5.91 Å². The number of hydrogen-bond donors (Lipinski definition) is 2. The molecule has 2 rings (SSSR count). The summed E-state index contributed by atoms with van der Waals surface area (Å²) in [5.74, 6) is -1.59. The van der Waals surface area contributed by atoms with E-state index in [1.807, 2.05) is 0 Å². The van der Waals surface area contributed by atoms with Crippen LogP contribution in [0, 0.1) is 5.41 Å². The van der Waals surface area contributed by atoms with Crippen LogP contribution in [-0.2, 0) is 9.59 Å². The summed E-state index contributed by atoms with van der Waals surface area (Å²) in [7, 11) is 0. The van der Waals surface area contributed by atoms with Crippen molar-refractivity contribution in [1.29, 1.82) is 0 Å². The highest BCUT2D eigenvalue weighted by atomic mass is 16.4. The fraction of sp³-hybridized carbons (Fsp3) is 0.786. The molecule has 2 heterocycles. The van der Waals surface area contributed by atoms with Gasteiger partial charge >= 0.3 is 12.0 Å². The van der Waals surface area contributed by atoms with Gasteiger partial charge in [-0.25, -0.2) is 4.79 Å². The molecule has 3 amide bonds. The zero-order valence-corrected chi connectivity index (χ0v) is 12.6. The lowest BCUT2D eigenvalue weighted by atomic mass is 9.89. The quantitative estimate of drug-likeness (QED) is 0.792. The zero-order chi connectivity index (χ0) is 15.6. The molecule has 21 heavy (non-hydrogen) atoms. The van der Waals surface area contributed by atoms with E-state index in [0.717, 1.165) is 25.9 Å². The van der Waals surface area contributed by atoms with Gasteiger partial charge in [0, 0.05) is 32.1 Å². The minimum atomic E-state index is -1.17. The van der Waals surface area contributed by atoms with Crippen LogP contribution in [0.1, 0.15) is 33.1 Å². The SMILES string of the molecule is CC(C)(CC(=O)NC(=O)N1CCN2CCCC2C1)C(=O)O. The number of rotatable bonds is 3. The Morgan fingerprint density at radius 1 is 1.24 bits per heavy atom. The van der Waals surface area contributed by atoms with Gasteiger partial charge in [0.25, 0.3) is 0 Å². The standard InChI is InChI=1S/C14H23N3O4/c1-14(2,12(19)20)8-11(18)15-13(21)17-7-6-16-5-3-4-10(16)9-17/h10H,3-9H2,1-2H3,(H,19,20)(H,15,18,21). The lowest BCUT2D eigenvalue weighted by Gasteiger charge is -2.37. The minimum absolute atomic E-state index is 0.211. The number of amides is 3. The molecule has 2 N–H and O–H groups in total. The summed E-state index contributed by atoms with van der Waals surface area (Å²) in [5, 5.41) is 11.3.